The molecule has 1 aliphatic rings. The molecule has 0 aliphatic carbocycles. The number of carbonyl (C=O) groups excluding carboxylic acids is 1. The molecular weight excluding hydrogens is 152 g/mol. The van der Waals surface area contributed by atoms with Gasteiger partial charge in [0.2, 0.25) is 5.91 Å². The maximum absolute atomic E-state index is 10.7. The number of carbonyl (C=O) groups is 1. The van der Waals surface area contributed by atoms with E-state index in [0.29, 0.717) is 10.8 Å². The normalized spacial score (nSPS) is 30.3. The molecule has 1 amide bonds. The molecule has 0 saturated carbocycles. The fourth-order valence-electron chi connectivity index (χ4n) is 0.725. The van der Waals surface area contributed by atoms with Crippen LogP contribution >= 0.6 is 11.8 Å². The summed E-state index contributed by atoms with van der Waals surface area (Å²) in [5, 5.41) is 14.6. The summed E-state index contributed by atoms with van der Waals surface area (Å²) >= 11 is 1.27. The highest BCUT2D eigenvalue weighted by Crippen LogP contribution is 2.11. The number of oxime groups is 1. The number of rotatable bonds is 0. The number of hydrogen-bond donors (Lipinski definition) is 2. The van der Waals surface area contributed by atoms with Crippen LogP contribution in [-0.2, 0) is 4.79 Å². The molecule has 5 heteroatoms. The Balaban J connectivity index is 2.60. The van der Waals surface area contributed by atoms with Crippen LogP contribution in [0.4, 0.5) is 0 Å². The van der Waals surface area contributed by atoms with Gasteiger partial charge < -0.3 is 10.5 Å². The van der Waals surface area contributed by atoms with Crippen LogP contribution in [-0.4, -0.2) is 28.0 Å². The minimum Gasteiger partial charge on any atom is -0.410 e. The Bertz CT molecular complexity index is 180. The Kier molecular flexibility index (Phi) is 2.16. The lowest BCUT2D eigenvalue weighted by Crippen LogP contribution is -2.43. The molecule has 0 aromatic heterocycles. The highest BCUT2D eigenvalue weighted by molar-refractivity contribution is 8.14. The lowest BCUT2D eigenvalue weighted by atomic mass is 10.3. The van der Waals surface area contributed by atoms with E-state index in [1.54, 1.807) is 6.92 Å². The van der Waals surface area contributed by atoms with E-state index in [4.69, 9.17) is 5.21 Å². The van der Waals surface area contributed by atoms with E-state index < -0.39 is 0 Å². The van der Waals surface area contributed by atoms with Gasteiger partial charge in [0.15, 0.2) is 0 Å². The predicted octanol–water partition coefficient (Wildman–Crippen LogP) is 0.0256. The maximum Gasteiger partial charge on any atom is 0.230 e. The van der Waals surface area contributed by atoms with Crippen LogP contribution in [0.3, 0.4) is 0 Å². The molecule has 1 rings (SSSR count). The Morgan fingerprint density at radius 1 is 1.90 bits per heavy atom. The molecule has 1 atom stereocenters. The van der Waals surface area contributed by atoms with Crippen molar-refractivity contribution >= 4 is 22.7 Å². The minimum absolute atomic E-state index is 0.00935. The first-order valence-corrected chi connectivity index (χ1v) is 3.86. The van der Waals surface area contributed by atoms with Crippen LogP contribution in [0.5, 0.6) is 0 Å². The molecule has 0 aromatic rings. The largest absolute Gasteiger partial charge is 0.410 e. The van der Waals surface area contributed by atoms with Gasteiger partial charge in [-0.25, -0.2) is 0 Å². The second-order valence-corrected chi connectivity index (χ2v) is 3.01. The van der Waals surface area contributed by atoms with E-state index in [0.717, 1.165) is 0 Å². The number of nitrogens with zero attached hydrogens (tertiary/aromatic N) is 1. The van der Waals surface area contributed by atoms with Crippen molar-refractivity contribution in [3.8, 4) is 0 Å². The van der Waals surface area contributed by atoms with Gasteiger partial charge in [-0.2, -0.15) is 0 Å². The molecule has 1 heterocycles. The first-order chi connectivity index (χ1) is 4.74. The van der Waals surface area contributed by atoms with Crippen molar-refractivity contribution in [3.05, 3.63) is 0 Å². The fourth-order valence-corrected chi connectivity index (χ4v) is 1.45. The number of amides is 1. The first-order valence-electron chi connectivity index (χ1n) is 2.88. The van der Waals surface area contributed by atoms with Crippen LogP contribution in [0, 0.1) is 0 Å². The predicted molar refractivity (Wildman–Crippen MR) is 39.3 cm³/mol. The van der Waals surface area contributed by atoms with Gasteiger partial charge in [0.25, 0.3) is 0 Å². The van der Waals surface area contributed by atoms with Crippen molar-refractivity contribution < 1.29 is 10.0 Å². The lowest BCUT2D eigenvalue weighted by Gasteiger charge is -2.19. The average molecular weight is 160 g/mol. The second-order valence-electron chi connectivity index (χ2n) is 2.02. The van der Waals surface area contributed by atoms with Crippen LogP contribution in [0.2, 0.25) is 0 Å². The quantitative estimate of drug-likeness (QED) is 0.388. The lowest BCUT2D eigenvalue weighted by molar-refractivity contribution is -0.118. The van der Waals surface area contributed by atoms with Gasteiger partial charge in [0, 0.05) is 0 Å². The number of hydrogen-bond acceptors (Lipinski definition) is 4. The van der Waals surface area contributed by atoms with Gasteiger partial charge >= 0.3 is 0 Å². The van der Waals surface area contributed by atoms with E-state index in [-0.39, 0.29) is 11.9 Å². The number of thioether (sulfide) groups is 1. The van der Waals surface area contributed by atoms with Gasteiger partial charge in [0.05, 0.1) is 11.8 Å². The summed E-state index contributed by atoms with van der Waals surface area (Å²) in [4.78, 5) is 10.7. The molecule has 1 saturated heterocycles. The second kappa shape index (κ2) is 2.92. The third-order valence-electron chi connectivity index (χ3n) is 1.20. The van der Waals surface area contributed by atoms with Crippen LogP contribution in [0.25, 0.3) is 0 Å². The standard InChI is InChI=1S/C5H8N2O2S/c1-3-5(7-9)10-2-4(8)6-3/h3,9H,2H2,1H3,(H,6,8). The van der Waals surface area contributed by atoms with Crippen LogP contribution in [0.15, 0.2) is 5.16 Å². The molecular formula is C5H8N2O2S. The van der Waals surface area contributed by atoms with E-state index in [1.807, 2.05) is 0 Å². The summed E-state index contributed by atoms with van der Waals surface area (Å²) in [7, 11) is 0. The van der Waals surface area contributed by atoms with Gasteiger partial charge in [-0.1, -0.05) is 16.9 Å². The zero-order valence-corrected chi connectivity index (χ0v) is 6.31. The highest BCUT2D eigenvalue weighted by Gasteiger charge is 2.21. The average Bonchev–Trinajstić information content (AvgIpc) is 1.88. The smallest absolute Gasteiger partial charge is 0.230 e. The molecule has 2 N–H and O–H groups in total. The van der Waals surface area contributed by atoms with Crippen molar-refractivity contribution in [2.24, 2.45) is 5.16 Å². The van der Waals surface area contributed by atoms with Crippen LogP contribution in [0.1, 0.15) is 6.92 Å². The summed E-state index contributed by atoms with van der Waals surface area (Å²) in [6, 6.07) is -0.142. The third-order valence-corrected chi connectivity index (χ3v) is 2.34. The van der Waals surface area contributed by atoms with Crippen molar-refractivity contribution in [2.75, 3.05) is 5.75 Å². The van der Waals surface area contributed by atoms with E-state index in [1.165, 1.54) is 11.8 Å². The zero-order valence-electron chi connectivity index (χ0n) is 5.50. The summed E-state index contributed by atoms with van der Waals surface area (Å²) in [5.41, 5.74) is 0. The Morgan fingerprint density at radius 2 is 2.60 bits per heavy atom. The topological polar surface area (TPSA) is 61.7 Å². The Morgan fingerprint density at radius 3 is 3.10 bits per heavy atom. The van der Waals surface area contributed by atoms with Crippen molar-refractivity contribution in [1.29, 1.82) is 0 Å². The Labute approximate surface area is 62.7 Å². The SMILES string of the molecule is CC1NC(=O)CSC1=NO. The molecule has 4 nitrogen and oxygen atoms in total. The van der Waals surface area contributed by atoms with Crippen LogP contribution < -0.4 is 5.32 Å². The summed E-state index contributed by atoms with van der Waals surface area (Å²) in [5.74, 6) is 0.342. The van der Waals surface area contributed by atoms with Gasteiger partial charge in [-0.15, -0.1) is 0 Å². The van der Waals surface area contributed by atoms with E-state index in [2.05, 4.69) is 10.5 Å². The molecule has 0 aromatic carbocycles. The summed E-state index contributed by atoms with van der Waals surface area (Å²) in [6.07, 6.45) is 0. The molecule has 1 aliphatic heterocycles. The number of nitrogens with one attached hydrogen (secondary N) is 1. The summed E-state index contributed by atoms with van der Waals surface area (Å²) in [6.45, 7) is 1.78. The molecule has 1 fully saturated rings. The molecule has 0 bridgehead atoms. The van der Waals surface area contributed by atoms with Gasteiger partial charge in [-0.3, -0.25) is 4.79 Å². The summed E-state index contributed by atoms with van der Waals surface area (Å²) < 4.78 is 0. The molecule has 56 valence electrons. The maximum atomic E-state index is 10.7. The third kappa shape index (κ3) is 1.41. The fraction of sp³-hybridized carbons (Fsp3) is 0.600. The minimum atomic E-state index is -0.142. The van der Waals surface area contributed by atoms with Gasteiger partial charge in [0.1, 0.15) is 5.04 Å². The molecule has 1 unspecified atom stereocenters. The molecule has 0 spiro atoms. The first kappa shape index (κ1) is 7.40. The molecule has 0 radical (unpaired) electrons. The monoisotopic (exact) mass is 160 g/mol. The van der Waals surface area contributed by atoms with E-state index in [9.17, 15) is 4.79 Å². The van der Waals surface area contributed by atoms with Crippen molar-refractivity contribution in [3.63, 3.8) is 0 Å². The van der Waals surface area contributed by atoms with Gasteiger partial charge in [-0.05, 0) is 6.92 Å². The molecule has 10 heavy (non-hydrogen) atoms. The highest BCUT2D eigenvalue weighted by atomic mass is 32.2. The Hall–Kier alpha value is -0.710. The van der Waals surface area contributed by atoms with Crippen molar-refractivity contribution in [2.45, 2.75) is 13.0 Å². The van der Waals surface area contributed by atoms with Crippen molar-refractivity contribution in [1.82, 2.24) is 5.32 Å². The van der Waals surface area contributed by atoms with E-state index >= 15 is 0 Å². The zero-order chi connectivity index (χ0) is 7.56.